The van der Waals surface area contributed by atoms with E-state index >= 15 is 0 Å². The molecule has 2 N–H and O–H groups in total. The second kappa shape index (κ2) is 9.71. The number of aryl methyl sites for hydroxylation is 1. The van der Waals surface area contributed by atoms with E-state index in [1.807, 2.05) is 19.1 Å². The van der Waals surface area contributed by atoms with Crippen LogP contribution in [0.4, 0.5) is 9.59 Å². The first-order valence-electron chi connectivity index (χ1n) is 10.8. The van der Waals surface area contributed by atoms with Crippen molar-refractivity contribution in [1.82, 2.24) is 25.4 Å². The van der Waals surface area contributed by atoms with Crippen molar-refractivity contribution >= 4 is 46.8 Å². The topological polar surface area (TPSA) is 129 Å². The van der Waals surface area contributed by atoms with Crippen LogP contribution in [0.2, 0.25) is 0 Å². The van der Waals surface area contributed by atoms with Gasteiger partial charge >= 0.3 is 6.03 Å². The summed E-state index contributed by atoms with van der Waals surface area (Å²) in [4.78, 5) is 68.8. The Bertz CT molecular complexity index is 1230. The number of hydrogen-bond acceptors (Lipinski definition) is 7. The predicted octanol–water partition coefficient (Wildman–Crippen LogP) is 2.01. The zero-order chi connectivity index (χ0) is 25.2. The summed E-state index contributed by atoms with van der Waals surface area (Å²) < 4.78 is 0. The SMILES string of the molecule is Cc1ccc(C2(C)NC(=O)N(CC(=O)NCCN3C(=O)S/C(=C/c4cccnc4)C3=O)C2=O)cc1. The number of benzene rings is 1. The van der Waals surface area contributed by atoms with E-state index in [2.05, 4.69) is 15.6 Å². The molecule has 2 fully saturated rings. The zero-order valence-electron chi connectivity index (χ0n) is 19.1. The Morgan fingerprint density at radius 3 is 2.57 bits per heavy atom. The normalized spacial score (nSPS) is 21.1. The van der Waals surface area contributed by atoms with Crippen molar-refractivity contribution in [1.29, 1.82) is 0 Å². The quantitative estimate of drug-likeness (QED) is 0.446. The van der Waals surface area contributed by atoms with Crippen LogP contribution in [-0.2, 0) is 19.9 Å². The lowest BCUT2D eigenvalue weighted by atomic mass is 9.91. The first kappa shape index (κ1) is 24.1. The highest BCUT2D eigenvalue weighted by molar-refractivity contribution is 8.18. The third kappa shape index (κ3) is 4.94. The Morgan fingerprint density at radius 2 is 1.89 bits per heavy atom. The molecule has 3 heterocycles. The summed E-state index contributed by atoms with van der Waals surface area (Å²) in [7, 11) is 0. The average Bonchev–Trinajstić information content (AvgIpc) is 3.22. The van der Waals surface area contributed by atoms with Gasteiger partial charge in [0.05, 0.1) is 4.91 Å². The van der Waals surface area contributed by atoms with E-state index in [0.29, 0.717) is 11.1 Å². The van der Waals surface area contributed by atoms with E-state index in [9.17, 15) is 24.0 Å². The number of rotatable bonds is 7. The molecule has 1 unspecified atom stereocenters. The van der Waals surface area contributed by atoms with Crippen molar-refractivity contribution in [3.63, 3.8) is 0 Å². The maximum absolute atomic E-state index is 13.0. The molecule has 1 aromatic heterocycles. The van der Waals surface area contributed by atoms with Gasteiger partial charge < -0.3 is 10.6 Å². The smallest absolute Gasteiger partial charge is 0.325 e. The molecule has 10 nitrogen and oxygen atoms in total. The number of nitrogens with one attached hydrogen (secondary N) is 2. The summed E-state index contributed by atoms with van der Waals surface area (Å²) in [5, 5.41) is 4.77. The molecule has 35 heavy (non-hydrogen) atoms. The summed E-state index contributed by atoms with van der Waals surface area (Å²) in [5.41, 5.74) is 1.05. The molecule has 1 atom stereocenters. The molecule has 2 aliphatic rings. The highest BCUT2D eigenvalue weighted by atomic mass is 32.2. The van der Waals surface area contributed by atoms with Gasteiger partial charge in [-0.25, -0.2) is 4.79 Å². The standard InChI is InChI=1S/C24H23N5O5S/c1-15-5-7-17(8-6-15)24(2)21(32)29(22(33)27-24)14-19(30)26-10-11-28-20(31)18(35-23(28)34)12-16-4-3-9-25-13-16/h3-9,12-13H,10-11,14H2,1-2H3,(H,26,30)(H,27,33)/b18-12+. The summed E-state index contributed by atoms with van der Waals surface area (Å²) in [5.74, 6) is -1.58. The third-order valence-corrected chi connectivity index (χ3v) is 6.63. The van der Waals surface area contributed by atoms with Crippen molar-refractivity contribution in [2.75, 3.05) is 19.6 Å². The molecule has 2 saturated heterocycles. The Morgan fingerprint density at radius 1 is 1.14 bits per heavy atom. The molecule has 180 valence electrons. The minimum atomic E-state index is -1.27. The number of urea groups is 1. The molecular weight excluding hydrogens is 470 g/mol. The van der Waals surface area contributed by atoms with Crippen LogP contribution in [0.5, 0.6) is 0 Å². The molecule has 4 rings (SSSR count). The Balaban J connectivity index is 1.32. The minimum absolute atomic E-state index is 0.0179. The van der Waals surface area contributed by atoms with Crippen molar-refractivity contribution in [3.8, 4) is 0 Å². The monoisotopic (exact) mass is 493 g/mol. The molecule has 0 bridgehead atoms. The molecule has 0 radical (unpaired) electrons. The lowest BCUT2D eigenvalue weighted by Gasteiger charge is -2.22. The predicted molar refractivity (Wildman–Crippen MR) is 129 cm³/mol. The van der Waals surface area contributed by atoms with E-state index < -0.39 is 41.1 Å². The highest BCUT2D eigenvalue weighted by Crippen LogP contribution is 2.32. The largest absolute Gasteiger partial charge is 0.353 e. The van der Waals surface area contributed by atoms with Gasteiger partial charge in [-0.15, -0.1) is 0 Å². The van der Waals surface area contributed by atoms with E-state index in [-0.39, 0.29) is 18.0 Å². The maximum atomic E-state index is 13.0. The Labute approximate surface area is 205 Å². The summed E-state index contributed by atoms with van der Waals surface area (Å²) in [6, 6.07) is 10.0. The van der Waals surface area contributed by atoms with Gasteiger partial charge in [0, 0.05) is 25.5 Å². The molecule has 2 aliphatic heterocycles. The number of thioether (sulfide) groups is 1. The average molecular weight is 494 g/mol. The molecular formula is C24H23N5O5S. The molecule has 6 amide bonds. The fraction of sp³-hybridized carbons (Fsp3) is 0.250. The van der Waals surface area contributed by atoms with E-state index in [0.717, 1.165) is 27.1 Å². The fourth-order valence-electron chi connectivity index (χ4n) is 3.74. The second-order valence-electron chi connectivity index (χ2n) is 8.28. The van der Waals surface area contributed by atoms with Crippen LogP contribution in [0.3, 0.4) is 0 Å². The van der Waals surface area contributed by atoms with Crippen LogP contribution in [0.1, 0.15) is 23.6 Å². The number of amides is 6. The van der Waals surface area contributed by atoms with Gasteiger partial charge in [0.1, 0.15) is 12.1 Å². The van der Waals surface area contributed by atoms with Crippen LogP contribution in [0.25, 0.3) is 6.08 Å². The van der Waals surface area contributed by atoms with Crippen LogP contribution in [0.15, 0.2) is 53.7 Å². The van der Waals surface area contributed by atoms with Crippen LogP contribution >= 0.6 is 11.8 Å². The number of imide groups is 2. The van der Waals surface area contributed by atoms with Crippen LogP contribution < -0.4 is 10.6 Å². The third-order valence-electron chi connectivity index (χ3n) is 5.72. The molecule has 1 aromatic carbocycles. The van der Waals surface area contributed by atoms with Gasteiger partial charge in [-0.2, -0.15) is 0 Å². The lowest BCUT2D eigenvalue weighted by Crippen LogP contribution is -2.44. The first-order chi connectivity index (χ1) is 16.7. The lowest BCUT2D eigenvalue weighted by molar-refractivity contribution is -0.134. The van der Waals surface area contributed by atoms with Gasteiger partial charge in [-0.3, -0.25) is 34.0 Å². The van der Waals surface area contributed by atoms with Gasteiger partial charge in [-0.1, -0.05) is 35.9 Å². The van der Waals surface area contributed by atoms with E-state index in [1.54, 1.807) is 49.7 Å². The zero-order valence-corrected chi connectivity index (χ0v) is 19.9. The minimum Gasteiger partial charge on any atom is -0.353 e. The van der Waals surface area contributed by atoms with Gasteiger partial charge in [0.2, 0.25) is 5.91 Å². The van der Waals surface area contributed by atoms with Crippen molar-refractivity contribution in [3.05, 3.63) is 70.4 Å². The molecule has 0 saturated carbocycles. The van der Waals surface area contributed by atoms with E-state index in [1.165, 1.54) is 0 Å². The highest BCUT2D eigenvalue weighted by Gasteiger charge is 2.49. The van der Waals surface area contributed by atoms with Crippen molar-refractivity contribution in [2.24, 2.45) is 0 Å². The van der Waals surface area contributed by atoms with Gasteiger partial charge in [0.25, 0.3) is 17.1 Å². The van der Waals surface area contributed by atoms with E-state index in [4.69, 9.17) is 0 Å². The number of carbonyl (C=O) groups excluding carboxylic acids is 5. The molecule has 0 spiro atoms. The Hall–Kier alpha value is -3.99. The van der Waals surface area contributed by atoms with Gasteiger partial charge in [-0.05, 0) is 48.9 Å². The number of carbonyl (C=O) groups is 5. The second-order valence-corrected chi connectivity index (χ2v) is 9.28. The van der Waals surface area contributed by atoms with Crippen molar-refractivity contribution in [2.45, 2.75) is 19.4 Å². The number of nitrogens with zero attached hydrogens (tertiary/aromatic N) is 3. The summed E-state index contributed by atoms with van der Waals surface area (Å²) >= 11 is 0.813. The molecule has 0 aliphatic carbocycles. The molecule has 2 aromatic rings. The summed E-state index contributed by atoms with van der Waals surface area (Å²) in [6.45, 7) is 2.97. The van der Waals surface area contributed by atoms with Crippen LogP contribution in [0, 0.1) is 6.92 Å². The summed E-state index contributed by atoms with van der Waals surface area (Å²) in [6.07, 6.45) is 4.76. The first-order valence-corrected chi connectivity index (χ1v) is 11.6. The maximum Gasteiger partial charge on any atom is 0.325 e. The molecule has 11 heteroatoms. The van der Waals surface area contributed by atoms with Crippen molar-refractivity contribution < 1.29 is 24.0 Å². The number of pyridine rings is 1. The number of hydrogen-bond donors (Lipinski definition) is 2. The van der Waals surface area contributed by atoms with Crippen LogP contribution in [-0.4, -0.2) is 63.4 Å². The van der Waals surface area contributed by atoms with Gasteiger partial charge in [0.15, 0.2) is 0 Å². The number of aromatic nitrogens is 1. The Kier molecular flexibility index (Phi) is 6.70. The fourth-order valence-corrected chi connectivity index (χ4v) is 4.60.